The first-order chi connectivity index (χ1) is 10.5. The van der Waals surface area contributed by atoms with Gasteiger partial charge in [-0.2, -0.15) is 0 Å². The third-order valence-corrected chi connectivity index (χ3v) is 4.54. The molecule has 0 bridgehead atoms. The van der Waals surface area contributed by atoms with Gasteiger partial charge in [0, 0.05) is 30.9 Å². The number of aliphatic hydroxyl groups excluding tert-OH is 1. The van der Waals surface area contributed by atoms with E-state index in [2.05, 4.69) is 24.1 Å². The Hall–Kier alpha value is -1.92. The Morgan fingerprint density at radius 2 is 2.05 bits per heavy atom. The first-order valence-electron chi connectivity index (χ1n) is 7.20. The molecule has 5 nitrogen and oxygen atoms in total. The van der Waals surface area contributed by atoms with E-state index in [0.29, 0.717) is 17.3 Å². The van der Waals surface area contributed by atoms with Crippen LogP contribution in [0.1, 0.15) is 34.4 Å². The summed E-state index contributed by atoms with van der Waals surface area (Å²) in [7, 11) is 1.91. The van der Waals surface area contributed by atoms with Crippen LogP contribution in [-0.4, -0.2) is 36.2 Å². The molecule has 0 saturated carbocycles. The summed E-state index contributed by atoms with van der Waals surface area (Å²) in [5, 5.41) is 12.8. The van der Waals surface area contributed by atoms with E-state index in [9.17, 15) is 4.79 Å². The van der Waals surface area contributed by atoms with Crippen molar-refractivity contribution in [3.63, 3.8) is 0 Å². The highest BCUT2D eigenvalue weighted by molar-refractivity contribution is 7.13. The zero-order chi connectivity index (χ0) is 16.1. The highest BCUT2D eigenvalue weighted by atomic mass is 32.1. The van der Waals surface area contributed by atoms with Gasteiger partial charge in [-0.25, -0.2) is 4.98 Å². The predicted molar refractivity (Wildman–Crippen MR) is 91.0 cm³/mol. The van der Waals surface area contributed by atoms with Gasteiger partial charge in [0.2, 0.25) is 0 Å². The lowest BCUT2D eigenvalue weighted by molar-refractivity contribution is 0.103. The Morgan fingerprint density at radius 3 is 2.59 bits per heavy atom. The van der Waals surface area contributed by atoms with Crippen molar-refractivity contribution in [2.45, 2.75) is 19.8 Å². The molecule has 0 saturated heterocycles. The van der Waals surface area contributed by atoms with Crippen molar-refractivity contribution >= 4 is 28.6 Å². The Labute approximate surface area is 134 Å². The van der Waals surface area contributed by atoms with Crippen LogP contribution in [0.15, 0.2) is 30.5 Å². The van der Waals surface area contributed by atoms with E-state index in [1.165, 1.54) is 11.3 Å². The van der Waals surface area contributed by atoms with E-state index in [1.54, 1.807) is 6.20 Å². The number of rotatable bonds is 6. The Bertz CT molecular complexity index is 623. The minimum absolute atomic E-state index is 0.110. The highest BCUT2D eigenvalue weighted by Crippen LogP contribution is 2.22. The molecule has 2 rings (SSSR count). The van der Waals surface area contributed by atoms with Crippen LogP contribution >= 0.6 is 11.3 Å². The molecule has 0 atom stereocenters. The summed E-state index contributed by atoms with van der Waals surface area (Å²) in [6.07, 6.45) is 1.62. The molecule has 0 fully saturated rings. The van der Waals surface area contributed by atoms with Gasteiger partial charge >= 0.3 is 0 Å². The van der Waals surface area contributed by atoms with Gasteiger partial charge in [0.1, 0.15) is 4.88 Å². The molecule has 1 heterocycles. The molecular formula is C16H21N3O2S. The number of carbonyl (C=O) groups excluding carboxylic acids is 1. The Balaban J connectivity index is 2.02. The maximum Gasteiger partial charge on any atom is 0.267 e. The van der Waals surface area contributed by atoms with Crippen LogP contribution in [0.4, 0.5) is 11.4 Å². The van der Waals surface area contributed by atoms with Crippen molar-refractivity contribution in [1.29, 1.82) is 0 Å². The van der Waals surface area contributed by atoms with Gasteiger partial charge in [-0.15, -0.1) is 11.3 Å². The molecule has 0 unspecified atom stereocenters. The van der Waals surface area contributed by atoms with Crippen molar-refractivity contribution in [3.8, 4) is 0 Å². The zero-order valence-corrected chi connectivity index (χ0v) is 13.9. The number of anilines is 2. The number of thiazole rings is 1. The number of carbonyl (C=O) groups is 1. The largest absolute Gasteiger partial charge is 0.395 e. The summed E-state index contributed by atoms with van der Waals surface area (Å²) >= 11 is 1.42. The summed E-state index contributed by atoms with van der Waals surface area (Å²) < 4.78 is 0. The molecule has 6 heteroatoms. The van der Waals surface area contributed by atoms with E-state index >= 15 is 0 Å². The van der Waals surface area contributed by atoms with Gasteiger partial charge in [0.25, 0.3) is 5.91 Å². The van der Waals surface area contributed by atoms with E-state index in [-0.39, 0.29) is 12.5 Å². The third kappa shape index (κ3) is 4.05. The molecular weight excluding hydrogens is 298 g/mol. The summed E-state index contributed by atoms with van der Waals surface area (Å²) in [5.41, 5.74) is 1.73. The van der Waals surface area contributed by atoms with Gasteiger partial charge in [-0.1, -0.05) is 13.8 Å². The lowest BCUT2D eigenvalue weighted by Gasteiger charge is -2.18. The lowest BCUT2D eigenvalue weighted by Crippen LogP contribution is -2.21. The molecule has 1 amide bonds. The topological polar surface area (TPSA) is 65.5 Å². The minimum atomic E-state index is -0.138. The summed E-state index contributed by atoms with van der Waals surface area (Å²) in [6.45, 7) is 4.80. The summed E-state index contributed by atoms with van der Waals surface area (Å²) in [5.74, 6) is 0.189. The quantitative estimate of drug-likeness (QED) is 0.859. The molecule has 1 aromatic carbocycles. The van der Waals surface area contributed by atoms with Crippen molar-refractivity contribution in [3.05, 3.63) is 40.3 Å². The zero-order valence-electron chi connectivity index (χ0n) is 13.0. The van der Waals surface area contributed by atoms with Crippen LogP contribution in [0.5, 0.6) is 0 Å². The van der Waals surface area contributed by atoms with Crippen molar-refractivity contribution in [2.24, 2.45) is 0 Å². The van der Waals surface area contributed by atoms with Gasteiger partial charge in [-0.3, -0.25) is 4.79 Å². The fraction of sp³-hybridized carbons (Fsp3) is 0.375. The maximum absolute atomic E-state index is 12.2. The van der Waals surface area contributed by atoms with Gasteiger partial charge in [-0.05, 0) is 24.3 Å². The van der Waals surface area contributed by atoms with Gasteiger partial charge in [0.05, 0.1) is 17.8 Å². The van der Waals surface area contributed by atoms with Crippen molar-refractivity contribution < 1.29 is 9.90 Å². The van der Waals surface area contributed by atoms with Crippen molar-refractivity contribution in [2.75, 3.05) is 30.4 Å². The first-order valence-corrected chi connectivity index (χ1v) is 8.02. The number of hydrogen-bond donors (Lipinski definition) is 2. The van der Waals surface area contributed by atoms with Gasteiger partial charge in [0.15, 0.2) is 0 Å². The number of likely N-dealkylation sites (N-methyl/N-ethyl adjacent to an activating group) is 1. The molecule has 1 aromatic heterocycles. The minimum Gasteiger partial charge on any atom is -0.395 e. The van der Waals surface area contributed by atoms with Crippen LogP contribution in [0.25, 0.3) is 0 Å². The summed E-state index contributed by atoms with van der Waals surface area (Å²) in [4.78, 5) is 19.0. The van der Waals surface area contributed by atoms with Crippen LogP contribution in [0.3, 0.4) is 0 Å². The second-order valence-corrected chi connectivity index (χ2v) is 6.43. The molecule has 22 heavy (non-hydrogen) atoms. The van der Waals surface area contributed by atoms with E-state index in [1.807, 2.05) is 36.2 Å². The molecule has 0 spiro atoms. The second kappa shape index (κ2) is 7.38. The molecule has 2 N–H and O–H groups in total. The van der Waals surface area contributed by atoms with Crippen LogP contribution < -0.4 is 10.2 Å². The van der Waals surface area contributed by atoms with Crippen molar-refractivity contribution in [1.82, 2.24) is 4.98 Å². The molecule has 0 aliphatic carbocycles. The smallest absolute Gasteiger partial charge is 0.267 e. The lowest BCUT2D eigenvalue weighted by atomic mass is 10.2. The van der Waals surface area contributed by atoms with Crippen LogP contribution in [0, 0.1) is 0 Å². The number of amides is 1. The SMILES string of the molecule is CC(C)c1ncc(C(=O)Nc2ccc(N(C)CCO)cc2)s1. The Morgan fingerprint density at radius 1 is 1.36 bits per heavy atom. The van der Waals surface area contributed by atoms with Crippen LogP contribution in [0.2, 0.25) is 0 Å². The average Bonchev–Trinajstić information content (AvgIpc) is 2.98. The number of aromatic nitrogens is 1. The number of nitrogens with zero attached hydrogens (tertiary/aromatic N) is 2. The molecule has 0 aliphatic rings. The van der Waals surface area contributed by atoms with E-state index in [4.69, 9.17) is 5.11 Å². The third-order valence-electron chi connectivity index (χ3n) is 3.24. The number of benzene rings is 1. The predicted octanol–water partition coefficient (Wildman–Crippen LogP) is 2.95. The number of aliphatic hydroxyl groups is 1. The molecule has 0 aliphatic heterocycles. The normalized spacial score (nSPS) is 10.8. The molecule has 2 aromatic rings. The van der Waals surface area contributed by atoms with Gasteiger partial charge < -0.3 is 15.3 Å². The number of nitrogens with one attached hydrogen (secondary N) is 1. The van der Waals surface area contributed by atoms with E-state index < -0.39 is 0 Å². The summed E-state index contributed by atoms with van der Waals surface area (Å²) in [6, 6.07) is 7.53. The number of hydrogen-bond acceptors (Lipinski definition) is 5. The van der Waals surface area contributed by atoms with E-state index in [0.717, 1.165) is 16.4 Å². The monoisotopic (exact) mass is 319 g/mol. The standard InChI is InChI=1S/C16H21N3O2S/c1-11(2)16-17-10-14(22-16)15(21)18-12-4-6-13(7-5-12)19(3)8-9-20/h4-7,10-11,20H,8-9H2,1-3H3,(H,18,21). The maximum atomic E-state index is 12.2. The fourth-order valence-electron chi connectivity index (χ4n) is 1.93. The average molecular weight is 319 g/mol. The second-order valence-electron chi connectivity index (χ2n) is 5.36. The first kappa shape index (κ1) is 16.5. The Kier molecular flexibility index (Phi) is 5.51. The highest BCUT2D eigenvalue weighted by Gasteiger charge is 2.12. The van der Waals surface area contributed by atoms with Crippen LogP contribution in [-0.2, 0) is 0 Å². The fourth-order valence-corrected chi connectivity index (χ4v) is 2.75. The molecule has 0 radical (unpaired) electrons. The molecule has 118 valence electrons.